The fourth-order valence-corrected chi connectivity index (χ4v) is 1.39. The number of nitrogens with two attached hydrogens (primary N) is 1. The molecule has 0 saturated carbocycles. The average Bonchev–Trinajstić information content (AvgIpc) is 2.70. The molecule has 0 aliphatic heterocycles. The van der Waals surface area contributed by atoms with Crippen molar-refractivity contribution < 1.29 is 4.39 Å². The number of halogens is 1. The largest absolute Gasteiger partial charge is 0.325 e. The number of benzene rings is 1. The van der Waals surface area contributed by atoms with E-state index in [0.717, 1.165) is 11.4 Å². The van der Waals surface area contributed by atoms with E-state index in [-0.39, 0.29) is 5.82 Å². The molecule has 0 unspecified atom stereocenters. The Kier molecular flexibility index (Phi) is 2.51. The Labute approximate surface area is 87.3 Å². The molecule has 0 spiro atoms. The third-order valence-corrected chi connectivity index (χ3v) is 2.26. The molecular formula is C11H12FN3. The summed E-state index contributed by atoms with van der Waals surface area (Å²) in [5.41, 5.74) is 7.73. The number of aromatic nitrogens is 2. The molecule has 0 amide bonds. The van der Waals surface area contributed by atoms with Crippen molar-refractivity contribution in [3.8, 4) is 5.69 Å². The van der Waals surface area contributed by atoms with Gasteiger partial charge in [-0.3, -0.25) is 0 Å². The predicted octanol–water partition coefficient (Wildman–Crippen LogP) is 1.78. The summed E-state index contributed by atoms with van der Waals surface area (Å²) in [6.07, 6.45) is 1.81. The number of aryl methyl sites for hydroxylation is 1. The highest BCUT2D eigenvalue weighted by Gasteiger charge is 2.02. The third-order valence-electron chi connectivity index (χ3n) is 2.26. The molecule has 15 heavy (non-hydrogen) atoms. The molecule has 0 atom stereocenters. The maximum Gasteiger partial charge on any atom is 0.126 e. The Morgan fingerprint density at radius 1 is 1.40 bits per heavy atom. The number of rotatable bonds is 2. The van der Waals surface area contributed by atoms with E-state index in [2.05, 4.69) is 5.10 Å². The van der Waals surface area contributed by atoms with Crippen LogP contribution in [-0.4, -0.2) is 9.78 Å². The Bertz CT molecular complexity index is 476. The quantitative estimate of drug-likeness (QED) is 0.812. The van der Waals surface area contributed by atoms with Gasteiger partial charge in [-0.25, -0.2) is 9.07 Å². The molecule has 4 heteroatoms. The molecule has 2 aromatic rings. The maximum atomic E-state index is 13.0. The molecule has 3 nitrogen and oxygen atoms in total. The van der Waals surface area contributed by atoms with Crippen LogP contribution in [0.1, 0.15) is 11.3 Å². The van der Waals surface area contributed by atoms with Crippen LogP contribution in [-0.2, 0) is 6.54 Å². The van der Waals surface area contributed by atoms with Crippen molar-refractivity contribution in [3.63, 3.8) is 0 Å². The summed E-state index contributed by atoms with van der Waals surface area (Å²) in [6.45, 7) is 2.14. The van der Waals surface area contributed by atoms with Gasteiger partial charge in [0.25, 0.3) is 0 Å². The van der Waals surface area contributed by atoms with Crippen molar-refractivity contribution in [1.82, 2.24) is 9.78 Å². The minimum absolute atomic E-state index is 0.204. The van der Waals surface area contributed by atoms with Gasteiger partial charge in [-0.1, -0.05) is 0 Å². The van der Waals surface area contributed by atoms with Crippen molar-refractivity contribution in [2.75, 3.05) is 0 Å². The standard InChI is InChI=1S/C11H12FN3/c1-8-6-10(2-3-11(8)12)15-5-4-9(7-13)14-15/h2-6H,7,13H2,1H3. The molecule has 0 saturated heterocycles. The van der Waals surface area contributed by atoms with Crippen molar-refractivity contribution in [2.45, 2.75) is 13.5 Å². The highest BCUT2D eigenvalue weighted by molar-refractivity contribution is 5.35. The van der Waals surface area contributed by atoms with Gasteiger partial charge in [-0.2, -0.15) is 5.10 Å². The molecule has 1 aromatic heterocycles. The first-order valence-corrected chi connectivity index (χ1v) is 4.72. The van der Waals surface area contributed by atoms with Crippen LogP contribution in [0.2, 0.25) is 0 Å². The van der Waals surface area contributed by atoms with Crippen molar-refractivity contribution in [2.24, 2.45) is 5.73 Å². The van der Waals surface area contributed by atoms with E-state index in [1.54, 1.807) is 23.7 Å². The Morgan fingerprint density at radius 3 is 2.80 bits per heavy atom. The summed E-state index contributed by atoms with van der Waals surface area (Å²) in [5, 5.41) is 4.24. The van der Waals surface area contributed by atoms with Crippen LogP contribution >= 0.6 is 0 Å². The second-order valence-electron chi connectivity index (χ2n) is 3.39. The number of hydrogen-bond donors (Lipinski definition) is 1. The first kappa shape index (κ1) is 9.86. The van der Waals surface area contributed by atoms with Crippen LogP contribution in [0, 0.1) is 12.7 Å². The van der Waals surface area contributed by atoms with Gasteiger partial charge < -0.3 is 5.73 Å². The normalized spacial score (nSPS) is 10.6. The summed E-state index contributed by atoms with van der Waals surface area (Å²) in [5.74, 6) is -0.204. The van der Waals surface area contributed by atoms with E-state index in [0.29, 0.717) is 12.1 Å². The Morgan fingerprint density at radius 2 is 2.20 bits per heavy atom. The molecule has 1 aromatic carbocycles. The van der Waals surface area contributed by atoms with Crippen LogP contribution in [0.5, 0.6) is 0 Å². The summed E-state index contributed by atoms with van der Waals surface area (Å²) >= 11 is 0. The second kappa shape index (κ2) is 3.82. The molecule has 2 rings (SSSR count). The van der Waals surface area contributed by atoms with Crippen molar-refractivity contribution >= 4 is 0 Å². The predicted molar refractivity (Wildman–Crippen MR) is 56.2 cm³/mol. The highest BCUT2D eigenvalue weighted by Crippen LogP contribution is 2.13. The zero-order valence-electron chi connectivity index (χ0n) is 8.44. The zero-order chi connectivity index (χ0) is 10.8. The van der Waals surface area contributed by atoms with Gasteiger partial charge in [0, 0.05) is 12.7 Å². The Hall–Kier alpha value is -1.68. The molecule has 2 N–H and O–H groups in total. The SMILES string of the molecule is Cc1cc(-n2ccc(CN)n2)ccc1F. The third kappa shape index (κ3) is 1.89. The van der Waals surface area contributed by atoms with Gasteiger partial charge in [-0.15, -0.1) is 0 Å². The minimum atomic E-state index is -0.204. The van der Waals surface area contributed by atoms with Gasteiger partial charge in [0.1, 0.15) is 5.82 Å². The first-order valence-electron chi connectivity index (χ1n) is 4.72. The fraction of sp³-hybridized carbons (Fsp3) is 0.182. The van der Waals surface area contributed by atoms with Crippen LogP contribution in [0.15, 0.2) is 30.5 Å². The smallest absolute Gasteiger partial charge is 0.126 e. The van der Waals surface area contributed by atoms with Gasteiger partial charge >= 0.3 is 0 Å². The van der Waals surface area contributed by atoms with E-state index in [1.165, 1.54) is 6.07 Å². The lowest BCUT2D eigenvalue weighted by molar-refractivity contribution is 0.617. The van der Waals surface area contributed by atoms with Gasteiger partial charge in [0.2, 0.25) is 0 Å². The zero-order valence-corrected chi connectivity index (χ0v) is 8.44. The van der Waals surface area contributed by atoms with Crippen molar-refractivity contribution in [1.29, 1.82) is 0 Å². The van der Waals surface area contributed by atoms with E-state index >= 15 is 0 Å². The molecule has 0 fully saturated rings. The summed E-state index contributed by atoms with van der Waals surface area (Å²) < 4.78 is 14.7. The van der Waals surface area contributed by atoms with Gasteiger partial charge in [0.15, 0.2) is 0 Å². The summed E-state index contributed by atoms with van der Waals surface area (Å²) in [6, 6.07) is 6.73. The van der Waals surface area contributed by atoms with Gasteiger partial charge in [0.05, 0.1) is 11.4 Å². The Balaban J connectivity index is 2.40. The molecule has 0 radical (unpaired) electrons. The molecule has 1 heterocycles. The van der Waals surface area contributed by atoms with Crippen LogP contribution in [0.4, 0.5) is 4.39 Å². The fourth-order valence-electron chi connectivity index (χ4n) is 1.39. The lowest BCUT2D eigenvalue weighted by Gasteiger charge is -2.03. The van der Waals surface area contributed by atoms with Crippen LogP contribution in [0.3, 0.4) is 0 Å². The van der Waals surface area contributed by atoms with Crippen molar-refractivity contribution in [3.05, 3.63) is 47.5 Å². The average molecular weight is 205 g/mol. The van der Waals surface area contributed by atoms with E-state index in [4.69, 9.17) is 5.73 Å². The molecule has 0 bridgehead atoms. The molecule has 0 aliphatic carbocycles. The topological polar surface area (TPSA) is 43.8 Å². The van der Waals surface area contributed by atoms with Crippen LogP contribution < -0.4 is 5.73 Å². The highest BCUT2D eigenvalue weighted by atomic mass is 19.1. The lowest BCUT2D eigenvalue weighted by Crippen LogP contribution is -2.00. The van der Waals surface area contributed by atoms with Gasteiger partial charge in [-0.05, 0) is 36.8 Å². The monoisotopic (exact) mass is 205 g/mol. The molecule has 0 aliphatic rings. The summed E-state index contributed by atoms with van der Waals surface area (Å²) in [4.78, 5) is 0. The van der Waals surface area contributed by atoms with E-state index in [1.807, 2.05) is 12.3 Å². The van der Waals surface area contributed by atoms with Crippen LogP contribution in [0.25, 0.3) is 5.69 Å². The van der Waals surface area contributed by atoms with E-state index in [9.17, 15) is 4.39 Å². The lowest BCUT2D eigenvalue weighted by atomic mass is 10.2. The first-order chi connectivity index (χ1) is 7.20. The molecular weight excluding hydrogens is 193 g/mol. The number of hydrogen-bond acceptors (Lipinski definition) is 2. The van der Waals surface area contributed by atoms with E-state index < -0.39 is 0 Å². The maximum absolute atomic E-state index is 13.0. The summed E-state index contributed by atoms with van der Waals surface area (Å²) in [7, 11) is 0. The molecule has 78 valence electrons. The minimum Gasteiger partial charge on any atom is -0.325 e. The second-order valence-corrected chi connectivity index (χ2v) is 3.39. The number of nitrogens with zero attached hydrogens (tertiary/aromatic N) is 2.